The predicted molar refractivity (Wildman–Crippen MR) is 226 cm³/mol. The summed E-state index contributed by atoms with van der Waals surface area (Å²) in [5, 5.41) is 28.3. The van der Waals surface area contributed by atoms with Gasteiger partial charge in [-0.2, -0.15) is 0 Å². The molecule has 62 heavy (non-hydrogen) atoms. The zero-order valence-corrected chi connectivity index (χ0v) is 37.2. The number of aliphatic hydroxyl groups is 2. The fourth-order valence-corrected chi connectivity index (χ4v) is 10.5. The summed E-state index contributed by atoms with van der Waals surface area (Å²) in [6, 6.07) is 18.8. The van der Waals surface area contributed by atoms with E-state index in [-0.39, 0.29) is 28.9 Å². The number of carbonyl (C=O) groups excluding carboxylic acids is 1. The van der Waals surface area contributed by atoms with Gasteiger partial charge >= 0.3 is 5.97 Å². The first-order valence-electron chi connectivity index (χ1n) is 20.8. The normalized spacial score (nSPS) is 33.0. The summed E-state index contributed by atoms with van der Waals surface area (Å²) >= 11 is 0. The molecule has 1 saturated carbocycles. The van der Waals surface area contributed by atoms with E-state index in [2.05, 4.69) is 19.5 Å². The number of nitrogens with zero attached hydrogens (tertiary/aromatic N) is 3. The molecule has 14 atom stereocenters. The van der Waals surface area contributed by atoms with Crippen LogP contribution in [0.2, 0.25) is 0 Å². The molecule has 19 heteroatoms. The summed E-state index contributed by atoms with van der Waals surface area (Å²) in [4.78, 5) is 15.9. The van der Waals surface area contributed by atoms with Gasteiger partial charge in [-0.05, 0) is 74.5 Å². The van der Waals surface area contributed by atoms with Crippen molar-refractivity contribution >= 4 is 26.0 Å². The highest BCUT2D eigenvalue weighted by Crippen LogP contribution is 2.39. The van der Waals surface area contributed by atoms with E-state index in [4.69, 9.17) is 23.7 Å². The molecule has 3 fully saturated rings. The Balaban J connectivity index is 1.25. The third-order valence-corrected chi connectivity index (χ3v) is 15.1. The van der Waals surface area contributed by atoms with Crippen LogP contribution in [0, 0.1) is 37.5 Å². The number of hydrogen-bond donors (Lipinski definition) is 4. The summed E-state index contributed by atoms with van der Waals surface area (Å²) in [6.45, 7) is 10.4. The maximum absolute atomic E-state index is 13.9. The van der Waals surface area contributed by atoms with Crippen molar-refractivity contribution < 1.29 is 55.5 Å². The van der Waals surface area contributed by atoms with Gasteiger partial charge in [0.25, 0.3) is 0 Å². The number of esters is 1. The molecule has 338 valence electrons. The summed E-state index contributed by atoms with van der Waals surface area (Å²) in [5.41, 5.74) is 11.6. The molecule has 2 aliphatic heterocycles. The van der Waals surface area contributed by atoms with E-state index in [9.17, 15) is 37.4 Å². The van der Waals surface area contributed by atoms with Crippen molar-refractivity contribution in [2.24, 2.45) is 28.8 Å². The van der Waals surface area contributed by atoms with E-state index in [0.717, 1.165) is 11.1 Å². The van der Waals surface area contributed by atoms with Crippen LogP contribution in [0.4, 0.5) is 0 Å². The number of sulfonamides is 2. The molecule has 4 N–H and O–H groups in total. The van der Waals surface area contributed by atoms with Gasteiger partial charge in [0.05, 0.1) is 45.8 Å². The van der Waals surface area contributed by atoms with Crippen molar-refractivity contribution in [2.75, 3.05) is 13.2 Å². The molecule has 2 heterocycles. The Morgan fingerprint density at radius 3 is 1.98 bits per heavy atom. The molecule has 3 aliphatic rings. The van der Waals surface area contributed by atoms with Crippen molar-refractivity contribution in [3.8, 4) is 0 Å². The van der Waals surface area contributed by atoms with Gasteiger partial charge < -0.3 is 33.9 Å². The molecular weight excluding hydrogens is 843 g/mol. The molecule has 6 rings (SSSR count). The van der Waals surface area contributed by atoms with Crippen molar-refractivity contribution in [1.82, 2.24) is 9.44 Å². The lowest BCUT2D eigenvalue weighted by Gasteiger charge is -2.50. The van der Waals surface area contributed by atoms with Crippen molar-refractivity contribution in [3.05, 3.63) is 106 Å². The summed E-state index contributed by atoms with van der Waals surface area (Å²) in [6.07, 6.45) is -8.52. The molecular formula is C43H57N5O12S2. The Labute approximate surface area is 363 Å². The molecule has 0 aromatic heterocycles. The lowest BCUT2D eigenvalue weighted by Crippen LogP contribution is -2.68. The van der Waals surface area contributed by atoms with Crippen LogP contribution in [-0.4, -0.2) is 107 Å². The Hall–Kier alpha value is -3.98. The third kappa shape index (κ3) is 11.0. The lowest BCUT2D eigenvalue weighted by atomic mass is 9.77. The number of rotatable bonds is 15. The van der Waals surface area contributed by atoms with Crippen LogP contribution >= 0.6 is 0 Å². The first-order valence-corrected chi connectivity index (χ1v) is 23.8. The standard InChI is InChI=1S/C43H57N5O12S2/c1-24-12-18-32(19-13-24)61(52,53)45-22-31-17-16-26(3)42(57-31)60-40-36(47-62(54,55)33-20-14-25(2)15-21-33)37(49)29(6)39(38(40)50)59-43-28(5)35(46-48-44)27(4)34(58-43)23-56-41(51)30-10-8-7-9-11-30/h7-15,18-21,26-29,31,34-40,42-43,45,47,49-50H,16-17,22-23H2,1-6H3/t26?,27-,28?,29+,31?,34?,35-,36-,37?,38?,39-,40?,42+,43+/m0/s1. The average molecular weight is 900 g/mol. The first-order chi connectivity index (χ1) is 29.4. The van der Waals surface area contributed by atoms with Crippen LogP contribution in [-0.2, 0) is 43.7 Å². The number of nitrogens with one attached hydrogen (secondary N) is 2. The van der Waals surface area contributed by atoms with Crippen molar-refractivity contribution in [1.29, 1.82) is 0 Å². The number of carbonyl (C=O) groups is 1. The Morgan fingerprint density at radius 2 is 1.37 bits per heavy atom. The van der Waals surface area contributed by atoms with E-state index >= 15 is 0 Å². The van der Waals surface area contributed by atoms with Crippen LogP contribution in [0.15, 0.2) is 93.8 Å². The van der Waals surface area contributed by atoms with Crippen LogP contribution in [0.5, 0.6) is 0 Å². The summed E-state index contributed by atoms with van der Waals surface area (Å²) in [5.74, 6) is -2.85. The number of hydrogen-bond acceptors (Lipinski definition) is 13. The van der Waals surface area contributed by atoms with Crippen LogP contribution < -0.4 is 9.44 Å². The fourth-order valence-electron chi connectivity index (χ4n) is 8.22. The van der Waals surface area contributed by atoms with E-state index in [1.54, 1.807) is 75.4 Å². The molecule has 0 radical (unpaired) electrons. The summed E-state index contributed by atoms with van der Waals surface area (Å²) in [7, 11) is -8.17. The van der Waals surface area contributed by atoms with E-state index in [0.29, 0.717) is 18.4 Å². The van der Waals surface area contributed by atoms with Gasteiger partial charge in [-0.3, -0.25) is 0 Å². The Morgan fingerprint density at radius 1 is 0.774 bits per heavy atom. The summed E-state index contributed by atoms with van der Waals surface area (Å²) < 4.78 is 90.5. The topological polar surface area (TPSA) is 245 Å². The highest BCUT2D eigenvalue weighted by Gasteiger charge is 2.54. The van der Waals surface area contributed by atoms with Crippen molar-refractivity contribution in [2.45, 2.75) is 125 Å². The zero-order valence-electron chi connectivity index (χ0n) is 35.6. The van der Waals surface area contributed by atoms with Crippen molar-refractivity contribution in [3.63, 3.8) is 0 Å². The largest absolute Gasteiger partial charge is 0.459 e. The number of aliphatic hydroxyl groups excluding tert-OH is 2. The number of ether oxygens (including phenoxy) is 5. The molecule has 3 aromatic carbocycles. The number of aryl methyl sites for hydroxylation is 2. The second kappa shape index (κ2) is 20.2. The van der Waals surface area contributed by atoms with Crippen LogP contribution in [0.3, 0.4) is 0 Å². The van der Waals surface area contributed by atoms with E-state index in [1.807, 2.05) is 20.8 Å². The molecule has 3 aromatic rings. The zero-order chi connectivity index (χ0) is 44.9. The van der Waals surface area contributed by atoms with Gasteiger partial charge in [0.15, 0.2) is 12.6 Å². The molecule has 0 bridgehead atoms. The van der Waals surface area contributed by atoms with Gasteiger partial charge in [-0.1, -0.05) is 86.4 Å². The fraction of sp³-hybridized carbons (Fsp3) is 0.558. The van der Waals surface area contributed by atoms with Crippen LogP contribution in [0.25, 0.3) is 10.4 Å². The second-order valence-electron chi connectivity index (χ2n) is 16.8. The molecule has 2 saturated heterocycles. The average Bonchev–Trinajstić information content (AvgIpc) is 3.25. The van der Waals surface area contributed by atoms with Gasteiger partial charge in [0.2, 0.25) is 20.0 Å². The van der Waals surface area contributed by atoms with Gasteiger partial charge in [-0.25, -0.2) is 31.1 Å². The molecule has 7 unspecified atom stereocenters. The first kappa shape index (κ1) is 47.5. The Kier molecular flexibility index (Phi) is 15.5. The molecule has 17 nitrogen and oxygen atoms in total. The maximum Gasteiger partial charge on any atom is 0.338 e. The monoisotopic (exact) mass is 899 g/mol. The number of azide groups is 1. The smallest absolute Gasteiger partial charge is 0.338 e. The highest BCUT2D eigenvalue weighted by molar-refractivity contribution is 7.89. The molecule has 1 aliphatic carbocycles. The highest BCUT2D eigenvalue weighted by atomic mass is 32.2. The minimum absolute atomic E-state index is 0.0700. The van der Waals surface area contributed by atoms with Gasteiger partial charge in [0.1, 0.15) is 18.8 Å². The van der Waals surface area contributed by atoms with Crippen LogP contribution in [0.1, 0.15) is 62.0 Å². The maximum atomic E-state index is 13.9. The predicted octanol–water partition coefficient (Wildman–Crippen LogP) is 4.74. The SMILES string of the molecule is Cc1ccc(S(=O)(=O)NCC2CCC(C)[C@@H](OC3C(O)[C@@H](O[C@H]4OC(COC(=O)c5ccccc5)[C@H](C)[C@H](N=[N+]=[N-])C4C)[C@H](C)C(O)[C@@H]3NS(=O)(=O)c3ccc(C)cc3)O2)cc1. The minimum Gasteiger partial charge on any atom is -0.459 e. The Bertz CT molecular complexity index is 2250. The van der Waals surface area contributed by atoms with E-state index < -0.39 is 105 Å². The number of benzene rings is 3. The lowest BCUT2D eigenvalue weighted by molar-refractivity contribution is -0.313. The molecule has 0 amide bonds. The van der Waals surface area contributed by atoms with Gasteiger partial charge in [0, 0.05) is 35.3 Å². The second-order valence-corrected chi connectivity index (χ2v) is 20.2. The van der Waals surface area contributed by atoms with E-state index in [1.165, 1.54) is 24.3 Å². The minimum atomic E-state index is -4.29. The molecule has 0 spiro atoms. The third-order valence-electron chi connectivity index (χ3n) is 12.2. The van der Waals surface area contributed by atoms with Gasteiger partial charge in [-0.15, -0.1) is 0 Å². The quantitative estimate of drug-likeness (QED) is 0.0700.